The van der Waals surface area contributed by atoms with Gasteiger partial charge in [-0.05, 0) is 42.8 Å². The molecule has 0 unspecified atom stereocenters. The number of para-hydroxylation sites is 2. The van der Waals surface area contributed by atoms with Crippen LogP contribution in [0.1, 0.15) is 6.42 Å². The number of nitrogens with one attached hydrogen (secondary N) is 1. The van der Waals surface area contributed by atoms with Crippen molar-refractivity contribution in [3.63, 3.8) is 0 Å². The number of benzene rings is 2. The highest BCUT2D eigenvalue weighted by atomic mass is 16.5. The van der Waals surface area contributed by atoms with Crippen molar-refractivity contribution in [2.75, 3.05) is 30.4 Å². The highest BCUT2D eigenvalue weighted by Gasteiger charge is 2.15. The van der Waals surface area contributed by atoms with Crippen LogP contribution in [-0.4, -0.2) is 20.2 Å². The fourth-order valence-corrected chi connectivity index (χ4v) is 2.47. The second-order valence-corrected chi connectivity index (χ2v) is 4.65. The van der Waals surface area contributed by atoms with E-state index in [-0.39, 0.29) is 0 Å². The summed E-state index contributed by atoms with van der Waals surface area (Å²) in [5.74, 6) is 0.894. The van der Waals surface area contributed by atoms with E-state index in [1.54, 1.807) is 7.11 Å². The molecule has 0 bridgehead atoms. The molecule has 3 heteroatoms. The van der Waals surface area contributed by atoms with Crippen LogP contribution in [0.4, 0.5) is 17.1 Å². The number of hydrogen-bond acceptors (Lipinski definition) is 3. The molecule has 1 heterocycles. The van der Waals surface area contributed by atoms with Gasteiger partial charge in [0.1, 0.15) is 5.75 Å². The highest BCUT2D eigenvalue weighted by molar-refractivity contribution is 5.77. The first kappa shape index (κ1) is 11.9. The van der Waals surface area contributed by atoms with Gasteiger partial charge in [0.2, 0.25) is 0 Å². The van der Waals surface area contributed by atoms with E-state index in [4.69, 9.17) is 4.74 Å². The third-order valence-electron chi connectivity index (χ3n) is 3.45. The molecule has 0 atom stereocenters. The summed E-state index contributed by atoms with van der Waals surface area (Å²) in [6.07, 6.45) is 1.13. The van der Waals surface area contributed by atoms with Crippen molar-refractivity contribution in [2.45, 2.75) is 6.42 Å². The van der Waals surface area contributed by atoms with Gasteiger partial charge in [-0.3, -0.25) is 0 Å². The van der Waals surface area contributed by atoms with Gasteiger partial charge in [-0.1, -0.05) is 12.1 Å². The van der Waals surface area contributed by atoms with Gasteiger partial charge in [0.25, 0.3) is 0 Å². The molecule has 1 aliphatic heterocycles. The predicted molar refractivity (Wildman–Crippen MR) is 79.5 cm³/mol. The molecule has 0 saturated heterocycles. The highest BCUT2D eigenvalue weighted by Crippen LogP contribution is 2.34. The van der Waals surface area contributed by atoms with Crippen LogP contribution in [0.3, 0.4) is 0 Å². The summed E-state index contributed by atoms with van der Waals surface area (Å²) < 4.78 is 5.22. The molecule has 0 aromatic heterocycles. The van der Waals surface area contributed by atoms with Crippen LogP contribution < -0.4 is 15.0 Å². The lowest BCUT2D eigenvalue weighted by molar-refractivity contribution is 0.415. The Balaban J connectivity index is 1.99. The third kappa shape index (κ3) is 2.36. The van der Waals surface area contributed by atoms with Gasteiger partial charge in [-0.15, -0.1) is 0 Å². The smallest absolute Gasteiger partial charge is 0.119 e. The molecule has 0 amide bonds. The zero-order valence-electron chi connectivity index (χ0n) is 11.1. The van der Waals surface area contributed by atoms with Crippen LogP contribution >= 0.6 is 0 Å². The quantitative estimate of drug-likeness (QED) is 0.885. The van der Waals surface area contributed by atoms with Crippen molar-refractivity contribution in [1.29, 1.82) is 0 Å². The largest absolute Gasteiger partial charge is 0.497 e. The van der Waals surface area contributed by atoms with Gasteiger partial charge in [0, 0.05) is 18.8 Å². The molecule has 19 heavy (non-hydrogen) atoms. The van der Waals surface area contributed by atoms with Gasteiger partial charge in [-0.2, -0.15) is 0 Å². The minimum absolute atomic E-state index is 0.894. The van der Waals surface area contributed by atoms with Gasteiger partial charge >= 0.3 is 0 Å². The van der Waals surface area contributed by atoms with Crippen LogP contribution in [0.25, 0.3) is 0 Å². The molecule has 0 aliphatic carbocycles. The molecule has 0 fully saturated rings. The number of nitrogens with zero attached hydrogens (tertiary/aromatic N) is 1. The molecule has 1 aliphatic rings. The predicted octanol–water partition coefficient (Wildman–Crippen LogP) is 3.65. The Kier molecular flexibility index (Phi) is 3.27. The van der Waals surface area contributed by atoms with E-state index in [1.165, 1.54) is 17.1 Å². The first-order valence-corrected chi connectivity index (χ1v) is 6.63. The van der Waals surface area contributed by atoms with E-state index in [9.17, 15) is 0 Å². The zero-order chi connectivity index (χ0) is 13.1. The van der Waals surface area contributed by atoms with E-state index in [0.29, 0.717) is 0 Å². The van der Waals surface area contributed by atoms with Crippen molar-refractivity contribution in [2.24, 2.45) is 0 Å². The molecule has 2 aromatic carbocycles. The maximum atomic E-state index is 5.22. The molecule has 2 aromatic rings. The SMILES string of the molecule is COc1ccc(N2CCCNc3ccccc32)cc1. The summed E-state index contributed by atoms with van der Waals surface area (Å²) in [6.45, 7) is 2.04. The standard InChI is InChI=1S/C16H18N2O/c1-19-14-9-7-13(8-10-14)18-12-4-11-17-15-5-2-3-6-16(15)18/h2-3,5-10,17H,4,11-12H2,1H3. The van der Waals surface area contributed by atoms with Crippen molar-refractivity contribution in [3.8, 4) is 5.75 Å². The van der Waals surface area contributed by atoms with Crippen molar-refractivity contribution in [3.05, 3.63) is 48.5 Å². The maximum Gasteiger partial charge on any atom is 0.119 e. The molecule has 98 valence electrons. The Labute approximate surface area is 113 Å². The van der Waals surface area contributed by atoms with E-state index in [2.05, 4.69) is 46.6 Å². The minimum atomic E-state index is 0.894. The van der Waals surface area contributed by atoms with Gasteiger partial charge in [0.15, 0.2) is 0 Å². The Morgan fingerprint density at radius 2 is 1.84 bits per heavy atom. The molecule has 0 spiro atoms. The van der Waals surface area contributed by atoms with E-state index in [0.717, 1.165) is 25.3 Å². The van der Waals surface area contributed by atoms with Crippen LogP contribution in [0.5, 0.6) is 5.75 Å². The summed E-state index contributed by atoms with van der Waals surface area (Å²) in [4.78, 5) is 2.36. The molecule has 0 radical (unpaired) electrons. The van der Waals surface area contributed by atoms with E-state index in [1.807, 2.05) is 12.1 Å². The average molecular weight is 254 g/mol. The topological polar surface area (TPSA) is 24.5 Å². The minimum Gasteiger partial charge on any atom is -0.497 e. The van der Waals surface area contributed by atoms with Gasteiger partial charge in [0.05, 0.1) is 18.5 Å². The number of ether oxygens (including phenoxy) is 1. The lowest BCUT2D eigenvalue weighted by atomic mass is 10.2. The number of rotatable bonds is 2. The van der Waals surface area contributed by atoms with Gasteiger partial charge < -0.3 is 15.0 Å². The van der Waals surface area contributed by atoms with Crippen LogP contribution in [0.15, 0.2) is 48.5 Å². The lowest BCUT2D eigenvalue weighted by Gasteiger charge is -2.24. The zero-order valence-corrected chi connectivity index (χ0v) is 11.1. The van der Waals surface area contributed by atoms with Crippen LogP contribution in [0.2, 0.25) is 0 Å². The van der Waals surface area contributed by atoms with Crippen molar-refractivity contribution < 1.29 is 4.74 Å². The molecule has 0 saturated carbocycles. The first-order valence-electron chi connectivity index (χ1n) is 6.63. The average Bonchev–Trinajstić information content (AvgIpc) is 2.70. The van der Waals surface area contributed by atoms with E-state index < -0.39 is 0 Å². The second-order valence-electron chi connectivity index (χ2n) is 4.65. The van der Waals surface area contributed by atoms with Crippen molar-refractivity contribution >= 4 is 17.1 Å². The number of anilines is 3. The monoisotopic (exact) mass is 254 g/mol. The number of fused-ring (bicyclic) bond motifs is 1. The van der Waals surface area contributed by atoms with Crippen LogP contribution in [0, 0.1) is 0 Å². The summed E-state index contributed by atoms with van der Waals surface area (Å²) in [7, 11) is 1.69. The summed E-state index contributed by atoms with van der Waals surface area (Å²) in [6, 6.07) is 16.7. The molecule has 3 rings (SSSR count). The maximum absolute atomic E-state index is 5.22. The normalized spacial score (nSPS) is 14.3. The first-order chi connectivity index (χ1) is 9.38. The molecular formula is C16H18N2O. The fourth-order valence-electron chi connectivity index (χ4n) is 2.47. The molecule has 1 N–H and O–H groups in total. The fraction of sp³-hybridized carbons (Fsp3) is 0.250. The Bertz CT molecular complexity index is 551. The number of methoxy groups -OCH3 is 1. The number of hydrogen-bond donors (Lipinski definition) is 1. The Hall–Kier alpha value is -2.16. The lowest BCUT2D eigenvalue weighted by Crippen LogP contribution is -2.17. The Morgan fingerprint density at radius 1 is 1.05 bits per heavy atom. The summed E-state index contributed by atoms with van der Waals surface area (Å²) in [5.41, 5.74) is 3.65. The molecule has 3 nitrogen and oxygen atoms in total. The molecular weight excluding hydrogens is 236 g/mol. The van der Waals surface area contributed by atoms with Crippen molar-refractivity contribution in [1.82, 2.24) is 0 Å². The second kappa shape index (κ2) is 5.22. The van der Waals surface area contributed by atoms with E-state index >= 15 is 0 Å². The third-order valence-corrected chi connectivity index (χ3v) is 3.45. The summed E-state index contributed by atoms with van der Waals surface area (Å²) >= 11 is 0. The van der Waals surface area contributed by atoms with Gasteiger partial charge in [-0.25, -0.2) is 0 Å². The van der Waals surface area contributed by atoms with Crippen LogP contribution in [-0.2, 0) is 0 Å². The summed E-state index contributed by atoms with van der Waals surface area (Å²) in [5, 5.41) is 3.48. The Morgan fingerprint density at radius 3 is 2.63 bits per heavy atom.